The maximum atomic E-state index is 13.5. The van der Waals surface area contributed by atoms with E-state index in [1.807, 2.05) is 6.92 Å². The van der Waals surface area contributed by atoms with Crippen LogP contribution in [0.25, 0.3) is 0 Å². The second-order valence-electron chi connectivity index (χ2n) is 15.0. The Balaban J connectivity index is 1.06. The summed E-state index contributed by atoms with van der Waals surface area (Å²) in [6, 6.07) is 0. The van der Waals surface area contributed by atoms with Crippen molar-refractivity contribution in [3.05, 3.63) is 0 Å². The Morgan fingerprint density at radius 1 is 1.02 bits per heavy atom. The summed E-state index contributed by atoms with van der Waals surface area (Å²) in [5.41, 5.74) is -3.46. The van der Waals surface area contributed by atoms with Crippen LogP contribution in [0.5, 0.6) is 0 Å². The van der Waals surface area contributed by atoms with Gasteiger partial charge in [-0.2, -0.15) is 0 Å². The van der Waals surface area contributed by atoms with Crippen LogP contribution in [0, 0.1) is 34.0 Å². The van der Waals surface area contributed by atoms with Crippen LogP contribution in [-0.2, 0) is 38.0 Å². The standard InChI is InChI=1S/C31H44O10/c1-17-11-21-24(38-16-37-21)25(40-17)41-18-3-9-30(26(33)34)19-5-8-28-14-39-29(13-23(32)36-15-29)22(28)6-10-31(28,35)20(19)4-7-27(30,2)12-18/h17-22,24-25,35H,3-16H2,1-2H3,(H,33,34)/t17-,18+,19+,20+,21+,22-,24-,25+,27-,28-,29+,30-,31-/m1/s1. The summed E-state index contributed by atoms with van der Waals surface area (Å²) in [5, 5.41) is 23.7. The molecule has 228 valence electrons. The molecule has 0 radical (unpaired) electrons. The van der Waals surface area contributed by atoms with E-state index in [4.69, 9.17) is 28.4 Å². The molecule has 4 aliphatic carbocycles. The van der Waals surface area contributed by atoms with Gasteiger partial charge in [-0.1, -0.05) is 6.92 Å². The fourth-order valence-electron chi connectivity index (χ4n) is 11.8. The molecule has 4 saturated carbocycles. The largest absolute Gasteiger partial charge is 0.481 e. The maximum absolute atomic E-state index is 13.5. The van der Waals surface area contributed by atoms with Gasteiger partial charge in [0, 0.05) is 17.8 Å². The van der Waals surface area contributed by atoms with E-state index < -0.39 is 39.7 Å². The number of cyclic esters (lactones) is 1. The normalized spacial score (nSPS) is 57.4. The minimum absolute atomic E-state index is 0.00818. The third-order valence-corrected chi connectivity index (χ3v) is 13.6. The van der Waals surface area contributed by atoms with Crippen molar-refractivity contribution in [3.8, 4) is 0 Å². The number of fused-ring (bicyclic) bond motifs is 6. The number of hydrogen-bond donors (Lipinski definition) is 2. The van der Waals surface area contributed by atoms with Crippen LogP contribution in [0.3, 0.4) is 0 Å². The van der Waals surface area contributed by atoms with Gasteiger partial charge in [0.05, 0.1) is 42.4 Å². The summed E-state index contributed by atoms with van der Waals surface area (Å²) in [5.74, 6) is -1.11. The molecule has 0 bridgehead atoms. The van der Waals surface area contributed by atoms with E-state index in [2.05, 4.69) is 6.92 Å². The number of carboxylic acids is 1. The van der Waals surface area contributed by atoms with E-state index in [1.54, 1.807) is 0 Å². The molecule has 8 rings (SSSR count). The Hall–Kier alpha value is -1.30. The van der Waals surface area contributed by atoms with Crippen LogP contribution < -0.4 is 0 Å². The van der Waals surface area contributed by atoms with Crippen molar-refractivity contribution in [2.24, 2.45) is 34.0 Å². The molecule has 0 amide bonds. The number of carbonyl (C=O) groups is 2. The van der Waals surface area contributed by atoms with Crippen molar-refractivity contribution < 1.29 is 48.2 Å². The molecule has 4 heterocycles. The van der Waals surface area contributed by atoms with E-state index in [9.17, 15) is 19.8 Å². The lowest BCUT2D eigenvalue weighted by Gasteiger charge is -2.66. The van der Waals surface area contributed by atoms with Crippen molar-refractivity contribution in [1.29, 1.82) is 0 Å². The first-order valence-electron chi connectivity index (χ1n) is 15.9. The molecule has 0 aromatic carbocycles. The molecule has 8 fully saturated rings. The van der Waals surface area contributed by atoms with Gasteiger partial charge >= 0.3 is 11.9 Å². The first-order valence-corrected chi connectivity index (χ1v) is 15.9. The SMILES string of the molecule is C[C@@H]1C[C@@H]2OCO[C@H]2[C@H](O[C@H]2CC[C@]3(C(=O)O)[C@H]4CC[C@@]56CO[C@@]7(COC(=O)C7)[C@@H]5CC[C@@]6(O)[C@H]4CC[C@]3(C)C2)O1. The molecule has 4 aliphatic heterocycles. The van der Waals surface area contributed by atoms with Crippen LogP contribution in [0.4, 0.5) is 0 Å². The van der Waals surface area contributed by atoms with Crippen molar-refractivity contribution in [2.45, 2.75) is 126 Å². The van der Waals surface area contributed by atoms with Crippen LogP contribution >= 0.6 is 0 Å². The summed E-state index contributed by atoms with van der Waals surface area (Å²) >= 11 is 0. The van der Waals surface area contributed by atoms with Gasteiger partial charge in [0.2, 0.25) is 0 Å². The van der Waals surface area contributed by atoms with E-state index >= 15 is 0 Å². The quantitative estimate of drug-likeness (QED) is 0.382. The van der Waals surface area contributed by atoms with Crippen LogP contribution in [0.15, 0.2) is 0 Å². The number of aliphatic hydroxyl groups is 1. The Kier molecular flexibility index (Phi) is 5.91. The van der Waals surface area contributed by atoms with Crippen molar-refractivity contribution in [2.75, 3.05) is 20.0 Å². The molecule has 0 aromatic heterocycles. The van der Waals surface area contributed by atoms with Crippen molar-refractivity contribution in [1.82, 2.24) is 0 Å². The van der Waals surface area contributed by atoms with Gasteiger partial charge < -0.3 is 38.6 Å². The number of ether oxygens (including phenoxy) is 6. The van der Waals surface area contributed by atoms with Gasteiger partial charge in [-0.15, -0.1) is 0 Å². The first-order chi connectivity index (χ1) is 19.6. The number of hydrogen-bond acceptors (Lipinski definition) is 9. The second-order valence-corrected chi connectivity index (χ2v) is 15.0. The second kappa shape index (κ2) is 8.88. The van der Waals surface area contributed by atoms with Gasteiger partial charge in [0.15, 0.2) is 6.29 Å². The van der Waals surface area contributed by atoms with Crippen LogP contribution in [0.1, 0.15) is 84.5 Å². The first kappa shape index (κ1) is 27.3. The summed E-state index contributed by atoms with van der Waals surface area (Å²) in [4.78, 5) is 25.6. The van der Waals surface area contributed by atoms with Gasteiger partial charge in [-0.05, 0) is 82.0 Å². The third-order valence-electron chi connectivity index (χ3n) is 13.6. The number of carboxylic acid groups (broad SMARTS) is 1. The molecule has 10 heteroatoms. The highest BCUT2D eigenvalue weighted by molar-refractivity contribution is 5.77. The van der Waals surface area contributed by atoms with E-state index in [0.717, 1.165) is 38.5 Å². The number of carbonyl (C=O) groups excluding carboxylic acids is 1. The fourth-order valence-corrected chi connectivity index (χ4v) is 11.8. The zero-order valence-electron chi connectivity index (χ0n) is 24.2. The minimum atomic E-state index is -0.992. The van der Waals surface area contributed by atoms with Crippen molar-refractivity contribution >= 4 is 11.9 Å². The number of esters is 1. The average Bonchev–Trinajstić information content (AvgIpc) is 3.68. The van der Waals surface area contributed by atoms with Crippen molar-refractivity contribution in [3.63, 3.8) is 0 Å². The summed E-state index contributed by atoms with van der Waals surface area (Å²) in [6.07, 6.45) is 6.34. The molecule has 10 nitrogen and oxygen atoms in total. The topological polar surface area (TPSA) is 130 Å². The average molecular weight is 577 g/mol. The molecule has 8 aliphatic rings. The van der Waals surface area contributed by atoms with E-state index in [-0.39, 0.29) is 68.0 Å². The molecule has 41 heavy (non-hydrogen) atoms. The molecule has 13 atom stereocenters. The molecule has 0 unspecified atom stereocenters. The highest BCUT2D eigenvalue weighted by atomic mass is 16.8. The zero-order chi connectivity index (χ0) is 28.4. The van der Waals surface area contributed by atoms with Gasteiger partial charge in [0.1, 0.15) is 25.1 Å². The smallest absolute Gasteiger partial charge is 0.310 e. The third kappa shape index (κ3) is 3.41. The predicted molar refractivity (Wildman–Crippen MR) is 140 cm³/mol. The number of aliphatic carboxylic acids is 1. The van der Waals surface area contributed by atoms with Gasteiger partial charge in [-0.3, -0.25) is 9.59 Å². The minimum Gasteiger partial charge on any atom is -0.481 e. The molecule has 0 aromatic rings. The molecular formula is C31H44O10. The Bertz CT molecular complexity index is 1130. The lowest BCUT2D eigenvalue weighted by molar-refractivity contribution is -0.281. The number of rotatable bonds is 3. The highest BCUT2D eigenvalue weighted by Gasteiger charge is 2.78. The lowest BCUT2D eigenvalue weighted by Crippen LogP contribution is -2.68. The fraction of sp³-hybridized carbons (Fsp3) is 0.935. The van der Waals surface area contributed by atoms with Crippen LogP contribution in [0.2, 0.25) is 0 Å². The molecule has 2 N–H and O–H groups in total. The summed E-state index contributed by atoms with van der Waals surface area (Å²) < 4.78 is 36.1. The molecule has 2 spiro atoms. The summed E-state index contributed by atoms with van der Waals surface area (Å²) in [6.45, 7) is 5.12. The van der Waals surface area contributed by atoms with Crippen LogP contribution in [-0.4, -0.2) is 84.1 Å². The lowest BCUT2D eigenvalue weighted by atomic mass is 9.38. The Morgan fingerprint density at radius 2 is 1.85 bits per heavy atom. The predicted octanol–water partition coefficient (Wildman–Crippen LogP) is 3.17. The Labute approximate surface area is 240 Å². The zero-order valence-corrected chi connectivity index (χ0v) is 24.2. The van der Waals surface area contributed by atoms with E-state index in [1.165, 1.54) is 0 Å². The molecular weight excluding hydrogens is 532 g/mol. The Morgan fingerprint density at radius 3 is 2.63 bits per heavy atom. The molecule has 4 saturated heterocycles. The maximum Gasteiger partial charge on any atom is 0.310 e. The van der Waals surface area contributed by atoms with Gasteiger partial charge in [0.25, 0.3) is 0 Å². The van der Waals surface area contributed by atoms with Gasteiger partial charge in [-0.25, -0.2) is 0 Å². The summed E-state index contributed by atoms with van der Waals surface area (Å²) in [7, 11) is 0. The monoisotopic (exact) mass is 576 g/mol. The highest BCUT2D eigenvalue weighted by Crippen LogP contribution is 2.75. The van der Waals surface area contributed by atoms with E-state index in [0.29, 0.717) is 32.3 Å².